The molecule has 2 heterocycles. The first kappa shape index (κ1) is 20.4. The molecule has 8 nitrogen and oxygen atoms in total. The quantitative estimate of drug-likeness (QED) is 0.724. The number of fused-ring (bicyclic) bond motifs is 2. The number of hydrogen-bond donors (Lipinski definition) is 1. The average molecular weight is 436 g/mol. The normalized spacial score (nSPS) is 18.9. The Balaban J connectivity index is 1.15. The van der Waals surface area contributed by atoms with Crippen molar-refractivity contribution >= 4 is 29.2 Å². The molecule has 0 saturated carbocycles. The van der Waals surface area contributed by atoms with Gasteiger partial charge in [-0.15, -0.1) is 0 Å². The molecule has 2 aliphatic heterocycles. The number of esters is 1. The van der Waals surface area contributed by atoms with Crippen LogP contribution in [0, 0.1) is 5.92 Å². The lowest BCUT2D eigenvalue weighted by Crippen LogP contribution is -2.28. The fourth-order valence-corrected chi connectivity index (χ4v) is 4.42. The monoisotopic (exact) mass is 436 g/mol. The summed E-state index contributed by atoms with van der Waals surface area (Å²) >= 11 is 0. The minimum absolute atomic E-state index is 0.0414. The van der Waals surface area contributed by atoms with E-state index in [1.807, 2.05) is 18.2 Å². The van der Waals surface area contributed by atoms with Crippen LogP contribution in [0.15, 0.2) is 36.4 Å². The van der Waals surface area contributed by atoms with E-state index in [0.717, 1.165) is 19.3 Å². The fourth-order valence-electron chi connectivity index (χ4n) is 4.42. The van der Waals surface area contributed by atoms with Crippen LogP contribution < -0.4 is 19.7 Å². The van der Waals surface area contributed by atoms with Gasteiger partial charge < -0.3 is 24.4 Å². The van der Waals surface area contributed by atoms with E-state index in [2.05, 4.69) is 5.32 Å². The minimum atomic E-state index is -0.622. The molecule has 0 unspecified atom stereocenters. The Morgan fingerprint density at radius 2 is 1.84 bits per heavy atom. The molecule has 3 aliphatic rings. The number of aryl methyl sites for hydroxylation is 2. The number of amides is 2. The van der Waals surface area contributed by atoms with Crippen LogP contribution in [0.4, 0.5) is 11.4 Å². The zero-order chi connectivity index (χ0) is 22.1. The van der Waals surface area contributed by atoms with E-state index in [1.165, 1.54) is 16.0 Å². The van der Waals surface area contributed by atoms with E-state index >= 15 is 0 Å². The van der Waals surface area contributed by atoms with Crippen molar-refractivity contribution in [1.29, 1.82) is 0 Å². The minimum Gasteiger partial charge on any atom is -0.486 e. The number of anilines is 2. The molecule has 1 N–H and O–H groups in total. The maximum Gasteiger partial charge on any atom is 0.311 e. The van der Waals surface area contributed by atoms with Gasteiger partial charge in [-0.25, -0.2) is 0 Å². The van der Waals surface area contributed by atoms with E-state index in [0.29, 0.717) is 36.1 Å². The van der Waals surface area contributed by atoms with Gasteiger partial charge >= 0.3 is 5.97 Å². The summed E-state index contributed by atoms with van der Waals surface area (Å²) in [6.45, 7) is 0.754. The number of rotatable bonds is 5. The number of hydrogen-bond acceptors (Lipinski definition) is 6. The second kappa shape index (κ2) is 8.53. The van der Waals surface area contributed by atoms with E-state index in [9.17, 15) is 14.4 Å². The molecule has 2 aromatic carbocycles. The summed E-state index contributed by atoms with van der Waals surface area (Å²) in [5.41, 5.74) is 3.92. The first-order valence-corrected chi connectivity index (χ1v) is 10.8. The third-order valence-corrected chi connectivity index (χ3v) is 6.02. The molecule has 2 aromatic rings. The molecule has 0 aromatic heterocycles. The third kappa shape index (κ3) is 4.12. The summed E-state index contributed by atoms with van der Waals surface area (Å²) in [6, 6.07) is 11.1. The highest BCUT2D eigenvalue weighted by atomic mass is 16.6. The number of nitrogens with one attached hydrogen (secondary N) is 1. The van der Waals surface area contributed by atoms with Crippen molar-refractivity contribution in [3.63, 3.8) is 0 Å². The van der Waals surface area contributed by atoms with Gasteiger partial charge in [0.15, 0.2) is 18.1 Å². The van der Waals surface area contributed by atoms with Gasteiger partial charge in [0.05, 0.1) is 5.92 Å². The second-order valence-corrected chi connectivity index (χ2v) is 8.23. The van der Waals surface area contributed by atoms with Gasteiger partial charge in [-0.2, -0.15) is 0 Å². The topological polar surface area (TPSA) is 94.2 Å². The summed E-state index contributed by atoms with van der Waals surface area (Å²) in [7, 11) is 0. The highest BCUT2D eigenvalue weighted by Crippen LogP contribution is 2.36. The number of ether oxygens (including phenoxy) is 3. The summed E-state index contributed by atoms with van der Waals surface area (Å²) in [6.07, 6.45) is 3.27. The summed E-state index contributed by atoms with van der Waals surface area (Å²) < 4.78 is 16.3. The molecule has 1 saturated heterocycles. The second-order valence-electron chi connectivity index (χ2n) is 8.23. The Hall–Kier alpha value is -3.55. The van der Waals surface area contributed by atoms with Gasteiger partial charge in [0.1, 0.15) is 13.2 Å². The lowest BCUT2D eigenvalue weighted by atomic mass is 10.1. The number of nitrogens with zero attached hydrogens (tertiary/aromatic N) is 1. The molecule has 8 heteroatoms. The zero-order valence-electron chi connectivity index (χ0n) is 17.6. The van der Waals surface area contributed by atoms with Crippen molar-refractivity contribution in [2.75, 3.05) is 36.6 Å². The predicted molar refractivity (Wildman–Crippen MR) is 116 cm³/mol. The summed E-state index contributed by atoms with van der Waals surface area (Å²) in [5.74, 6) is -0.533. The Labute approximate surface area is 185 Å². The SMILES string of the molecule is O=C(COC(=O)[C@@H]1CC(=O)N(c2ccc3c(c2)OCCO3)C1)Nc1ccc2c(c1)CCC2. The van der Waals surface area contributed by atoms with E-state index in [4.69, 9.17) is 14.2 Å². The molecule has 1 fully saturated rings. The first-order valence-electron chi connectivity index (χ1n) is 10.8. The molecular weight excluding hydrogens is 412 g/mol. The van der Waals surface area contributed by atoms with Crippen molar-refractivity contribution in [3.05, 3.63) is 47.5 Å². The molecule has 1 aliphatic carbocycles. The van der Waals surface area contributed by atoms with Gasteiger partial charge in [0.25, 0.3) is 5.91 Å². The molecule has 0 spiro atoms. The Morgan fingerprint density at radius 3 is 2.72 bits per heavy atom. The van der Waals surface area contributed by atoms with Crippen molar-refractivity contribution in [1.82, 2.24) is 0 Å². The Bertz CT molecular complexity index is 1080. The molecular formula is C24H24N2O6. The molecule has 1 atom stereocenters. The van der Waals surface area contributed by atoms with Crippen LogP contribution in [0.3, 0.4) is 0 Å². The van der Waals surface area contributed by atoms with E-state index in [-0.39, 0.29) is 25.5 Å². The summed E-state index contributed by atoms with van der Waals surface area (Å²) in [5, 5.41) is 2.77. The maximum absolute atomic E-state index is 12.5. The lowest BCUT2D eigenvalue weighted by molar-refractivity contribution is -0.151. The van der Waals surface area contributed by atoms with Crippen LogP contribution in [-0.2, 0) is 32.0 Å². The first-order chi connectivity index (χ1) is 15.6. The van der Waals surface area contributed by atoms with E-state index < -0.39 is 17.8 Å². The van der Waals surface area contributed by atoms with Crippen molar-refractivity contribution < 1.29 is 28.6 Å². The molecule has 0 radical (unpaired) electrons. The van der Waals surface area contributed by atoms with Crippen molar-refractivity contribution in [3.8, 4) is 11.5 Å². The molecule has 2 amide bonds. The van der Waals surface area contributed by atoms with Gasteiger partial charge in [-0.1, -0.05) is 6.07 Å². The van der Waals surface area contributed by atoms with Crippen LogP contribution >= 0.6 is 0 Å². The van der Waals surface area contributed by atoms with Gasteiger partial charge in [-0.05, 0) is 54.7 Å². The number of benzene rings is 2. The zero-order valence-corrected chi connectivity index (χ0v) is 17.6. The maximum atomic E-state index is 12.5. The van der Waals surface area contributed by atoms with Crippen molar-refractivity contribution in [2.24, 2.45) is 5.92 Å². The van der Waals surface area contributed by atoms with Crippen LogP contribution in [0.2, 0.25) is 0 Å². The van der Waals surface area contributed by atoms with Crippen LogP contribution in [-0.4, -0.2) is 44.1 Å². The number of carbonyl (C=O) groups excluding carboxylic acids is 3. The van der Waals surface area contributed by atoms with E-state index in [1.54, 1.807) is 18.2 Å². The van der Waals surface area contributed by atoms with Gasteiger partial charge in [0.2, 0.25) is 5.91 Å². The Kier molecular flexibility index (Phi) is 5.43. The average Bonchev–Trinajstić information content (AvgIpc) is 3.43. The van der Waals surface area contributed by atoms with Crippen LogP contribution in [0.25, 0.3) is 0 Å². The van der Waals surface area contributed by atoms with Gasteiger partial charge in [0, 0.05) is 30.4 Å². The molecule has 166 valence electrons. The molecule has 5 rings (SSSR count). The third-order valence-electron chi connectivity index (χ3n) is 6.02. The van der Waals surface area contributed by atoms with Crippen LogP contribution in [0.5, 0.6) is 11.5 Å². The molecule has 0 bridgehead atoms. The largest absolute Gasteiger partial charge is 0.486 e. The smallest absolute Gasteiger partial charge is 0.311 e. The molecule has 32 heavy (non-hydrogen) atoms. The number of carbonyl (C=O) groups is 3. The van der Waals surface area contributed by atoms with Gasteiger partial charge in [-0.3, -0.25) is 14.4 Å². The predicted octanol–water partition coefficient (Wildman–Crippen LogP) is 2.48. The lowest BCUT2D eigenvalue weighted by Gasteiger charge is -2.22. The summed E-state index contributed by atoms with van der Waals surface area (Å²) in [4.78, 5) is 38.7. The highest BCUT2D eigenvalue weighted by Gasteiger charge is 2.36. The Morgan fingerprint density at radius 1 is 1.03 bits per heavy atom. The fraction of sp³-hybridized carbons (Fsp3) is 0.375. The highest BCUT2D eigenvalue weighted by molar-refractivity contribution is 6.00. The van der Waals surface area contributed by atoms with Crippen LogP contribution in [0.1, 0.15) is 24.0 Å². The van der Waals surface area contributed by atoms with Crippen molar-refractivity contribution in [2.45, 2.75) is 25.7 Å². The standard InChI is InChI=1S/C24H24N2O6/c27-22(25-18-5-4-15-2-1-3-16(15)10-18)14-32-24(29)17-11-23(28)26(13-17)19-6-7-20-21(12-19)31-9-8-30-20/h4-7,10,12,17H,1-3,8-9,11,13-14H2,(H,25,27)/t17-/m1/s1.